The van der Waals surface area contributed by atoms with Gasteiger partial charge in [-0.25, -0.2) is 0 Å². The van der Waals surface area contributed by atoms with Gasteiger partial charge in [0.25, 0.3) is 0 Å². The van der Waals surface area contributed by atoms with Gasteiger partial charge in [0.1, 0.15) is 5.75 Å². The minimum Gasteiger partial charge on any atom is -0.544 e. The number of methoxy groups -OCH3 is 1. The fraction of sp³-hybridized carbons (Fsp3) is 0.250. The molecule has 116 valence electrons. The molecule has 1 heterocycles. The topological polar surface area (TPSA) is 75.7 Å². The average molecular weight is 319 g/mol. The predicted octanol–water partition coefficient (Wildman–Crippen LogP) is 1.89. The van der Waals surface area contributed by atoms with Gasteiger partial charge in [-0.05, 0) is 48.4 Å². The number of esters is 1. The Morgan fingerprint density at radius 2 is 1.91 bits per heavy atom. The monoisotopic (exact) mass is 319 g/mol. The number of carbonyl (C=O) groups excluding carboxylic acids is 2. The van der Waals surface area contributed by atoms with Crippen LogP contribution in [0.2, 0.25) is 0 Å². The van der Waals surface area contributed by atoms with Gasteiger partial charge in [0.2, 0.25) is 0 Å². The SMILES string of the molecule is CCOC(=O)Cc1cc(C(=O)[O-])sc1-c1ccc(OC)cc1. The van der Waals surface area contributed by atoms with E-state index in [4.69, 9.17) is 9.47 Å². The lowest BCUT2D eigenvalue weighted by atomic mass is 10.1. The molecule has 0 saturated carbocycles. The van der Waals surface area contributed by atoms with Crippen molar-refractivity contribution in [2.24, 2.45) is 0 Å². The third-order valence-electron chi connectivity index (χ3n) is 3.00. The van der Waals surface area contributed by atoms with Crippen molar-refractivity contribution in [3.8, 4) is 16.2 Å². The molecule has 2 aromatic rings. The zero-order valence-corrected chi connectivity index (χ0v) is 13.1. The molecule has 2 rings (SSSR count). The molecule has 0 spiro atoms. The summed E-state index contributed by atoms with van der Waals surface area (Å²) in [6, 6.07) is 8.66. The number of carbonyl (C=O) groups is 2. The Hall–Kier alpha value is -2.34. The van der Waals surface area contributed by atoms with E-state index in [-0.39, 0.29) is 23.9 Å². The molecule has 1 aromatic heterocycles. The first-order valence-electron chi connectivity index (χ1n) is 6.69. The maximum atomic E-state index is 11.7. The van der Waals surface area contributed by atoms with Crippen LogP contribution in [0.25, 0.3) is 10.4 Å². The van der Waals surface area contributed by atoms with Crippen molar-refractivity contribution in [2.45, 2.75) is 13.3 Å². The minimum atomic E-state index is -1.25. The van der Waals surface area contributed by atoms with Crippen molar-refractivity contribution < 1.29 is 24.2 Å². The standard InChI is InChI=1S/C16H16O5S/c1-3-21-14(17)9-11-8-13(16(18)19)22-15(11)10-4-6-12(20-2)7-5-10/h4-8H,3,9H2,1-2H3,(H,18,19)/p-1. The third-order valence-corrected chi connectivity index (χ3v) is 4.21. The summed E-state index contributed by atoms with van der Waals surface area (Å²) in [4.78, 5) is 23.6. The maximum Gasteiger partial charge on any atom is 0.310 e. The van der Waals surface area contributed by atoms with E-state index in [0.717, 1.165) is 21.8 Å². The van der Waals surface area contributed by atoms with Crippen LogP contribution in [0.3, 0.4) is 0 Å². The first-order valence-corrected chi connectivity index (χ1v) is 7.51. The van der Waals surface area contributed by atoms with E-state index in [1.165, 1.54) is 6.07 Å². The lowest BCUT2D eigenvalue weighted by molar-refractivity contribution is -0.254. The molecule has 5 nitrogen and oxygen atoms in total. The molecular formula is C16H15O5S-. The molecule has 0 aliphatic heterocycles. The van der Waals surface area contributed by atoms with Gasteiger partial charge in [-0.3, -0.25) is 4.79 Å². The van der Waals surface area contributed by atoms with E-state index in [9.17, 15) is 14.7 Å². The van der Waals surface area contributed by atoms with Crippen molar-refractivity contribution in [2.75, 3.05) is 13.7 Å². The van der Waals surface area contributed by atoms with Crippen molar-refractivity contribution in [1.82, 2.24) is 0 Å². The molecule has 0 saturated heterocycles. The lowest BCUT2D eigenvalue weighted by Crippen LogP contribution is -2.20. The second kappa shape index (κ2) is 7.09. The second-order valence-electron chi connectivity index (χ2n) is 4.46. The maximum absolute atomic E-state index is 11.7. The van der Waals surface area contributed by atoms with Crippen LogP contribution in [0.4, 0.5) is 0 Å². The molecule has 0 fully saturated rings. The van der Waals surface area contributed by atoms with Crippen LogP contribution in [0.5, 0.6) is 5.75 Å². The van der Waals surface area contributed by atoms with E-state index < -0.39 is 5.97 Å². The number of carboxylic acid groups (broad SMARTS) is 1. The van der Waals surface area contributed by atoms with Gasteiger partial charge in [0.15, 0.2) is 0 Å². The van der Waals surface area contributed by atoms with Crippen LogP contribution in [-0.4, -0.2) is 25.7 Å². The summed E-state index contributed by atoms with van der Waals surface area (Å²) in [5.41, 5.74) is 1.44. The van der Waals surface area contributed by atoms with Gasteiger partial charge >= 0.3 is 5.97 Å². The van der Waals surface area contributed by atoms with Gasteiger partial charge in [0, 0.05) is 4.88 Å². The Kier molecular flexibility index (Phi) is 5.16. The summed E-state index contributed by atoms with van der Waals surface area (Å²) in [6.07, 6.45) is 0.0268. The summed E-state index contributed by atoms with van der Waals surface area (Å²) < 4.78 is 10.0. The summed E-state index contributed by atoms with van der Waals surface area (Å²) in [5, 5.41) is 11.1. The first-order chi connectivity index (χ1) is 10.5. The van der Waals surface area contributed by atoms with Crippen molar-refractivity contribution in [3.63, 3.8) is 0 Å². The number of rotatable bonds is 6. The van der Waals surface area contributed by atoms with Gasteiger partial charge in [-0.2, -0.15) is 0 Å². The second-order valence-corrected chi connectivity index (χ2v) is 5.51. The molecule has 6 heteroatoms. The number of carboxylic acids is 1. The number of hydrogen-bond acceptors (Lipinski definition) is 6. The zero-order chi connectivity index (χ0) is 16.1. The molecule has 0 N–H and O–H groups in total. The number of thiophene rings is 1. The summed E-state index contributed by atoms with van der Waals surface area (Å²) in [6.45, 7) is 2.01. The first kappa shape index (κ1) is 16.0. The van der Waals surface area contributed by atoms with Gasteiger partial charge < -0.3 is 19.4 Å². The molecule has 1 aromatic carbocycles. The molecule has 0 radical (unpaired) electrons. The summed E-state index contributed by atoms with van der Waals surface area (Å²) in [5.74, 6) is -0.942. The Morgan fingerprint density at radius 1 is 1.23 bits per heavy atom. The summed E-state index contributed by atoms with van der Waals surface area (Å²) >= 11 is 1.08. The Morgan fingerprint density at radius 3 is 2.45 bits per heavy atom. The van der Waals surface area contributed by atoms with Crippen LogP contribution in [0.15, 0.2) is 30.3 Å². The van der Waals surface area contributed by atoms with Gasteiger partial charge in [-0.1, -0.05) is 0 Å². The van der Waals surface area contributed by atoms with Crippen LogP contribution in [0, 0.1) is 0 Å². The minimum absolute atomic E-state index is 0.0268. The molecule has 0 aliphatic rings. The highest BCUT2D eigenvalue weighted by Crippen LogP contribution is 2.34. The molecule has 0 amide bonds. The normalized spacial score (nSPS) is 10.3. The Balaban J connectivity index is 2.38. The highest BCUT2D eigenvalue weighted by molar-refractivity contribution is 7.17. The average Bonchev–Trinajstić information content (AvgIpc) is 2.91. The quantitative estimate of drug-likeness (QED) is 0.760. The predicted molar refractivity (Wildman–Crippen MR) is 81.0 cm³/mol. The molecule has 0 aliphatic carbocycles. The van der Waals surface area contributed by atoms with Crippen LogP contribution in [0.1, 0.15) is 22.2 Å². The van der Waals surface area contributed by atoms with Crippen molar-refractivity contribution in [3.05, 3.63) is 40.8 Å². The van der Waals surface area contributed by atoms with Crippen LogP contribution >= 0.6 is 11.3 Å². The number of hydrogen-bond donors (Lipinski definition) is 0. The van der Waals surface area contributed by atoms with Crippen LogP contribution < -0.4 is 9.84 Å². The summed E-state index contributed by atoms with van der Waals surface area (Å²) in [7, 11) is 1.57. The molecule has 22 heavy (non-hydrogen) atoms. The van der Waals surface area contributed by atoms with E-state index in [1.807, 2.05) is 12.1 Å². The number of benzene rings is 1. The fourth-order valence-electron chi connectivity index (χ4n) is 2.01. The van der Waals surface area contributed by atoms with Gasteiger partial charge in [-0.15, -0.1) is 11.3 Å². The van der Waals surface area contributed by atoms with E-state index in [0.29, 0.717) is 11.3 Å². The zero-order valence-electron chi connectivity index (χ0n) is 12.3. The number of ether oxygens (including phenoxy) is 2. The Bertz CT molecular complexity index is 672. The third kappa shape index (κ3) is 3.65. The lowest BCUT2D eigenvalue weighted by Gasteiger charge is -2.05. The molecule has 0 bridgehead atoms. The number of aromatic carboxylic acids is 1. The van der Waals surface area contributed by atoms with E-state index >= 15 is 0 Å². The van der Waals surface area contributed by atoms with Crippen LogP contribution in [-0.2, 0) is 16.0 Å². The fourth-order valence-corrected chi connectivity index (χ4v) is 3.04. The van der Waals surface area contributed by atoms with Crippen molar-refractivity contribution in [1.29, 1.82) is 0 Å². The Labute approximate surface area is 132 Å². The highest BCUT2D eigenvalue weighted by atomic mass is 32.1. The van der Waals surface area contributed by atoms with E-state index in [2.05, 4.69) is 0 Å². The molecule has 0 atom stereocenters. The van der Waals surface area contributed by atoms with Crippen molar-refractivity contribution >= 4 is 23.3 Å². The molecular weight excluding hydrogens is 304 g/mol. The highest BCUT2D eigenvalue weighted by Gasteiger charge is 2.15. The smallest absolute Gasteiger partial charge is 0.310 e. The van der Waals surface area contributed by atoms with E-state index in [1.54, 1.807) is 26.2 Å². The molecule has 0 unspecified atom stereocenters. The largest absolute Gasteiger partial charge is 0.544 e. The van der Waals surface area contributed by atoms with Gasteiger partial charge in [0.05, 0.1) is 31.0 Å².